The molecule has 0 aliphatic heterocycles. The summed E-state index contributed by atoms with van der Waals surface area (Å²) in [5, 5.41) is 8.77. The van der Waals surface area contributed by atoms with E-state index in [2.05, 4.69) is 4.74 Å². The zero-order valence-corrected chi connectivity index (χ0v) is 12.6. The zero-order valence-electron chi connectivity index (χ0n) is 11.9. The first-order valence-electron chi connectivity index (χ1n) is 6.03. The minimum Gasteiger partial charge on any atom is -0.467 e. The Morgan fingerprint density at radius 1 is 1.35 bits per heavy atom. The van der Waals surface area contributed by atoms with Crippen LogP contribution in [0.4, 0.5) is 23.2 Å². The normalized spacial score (nSPS) is 15.5. The second-order valence-corrected chi connectivity index (χ2v) is 5.00. The molecule has 0 heterocycles. The first-order chi connectivity index (χ1) is 10.4. The van der Waals surface area contributed by atoms with Crippen LogP contribution in [-0.4, -0.2) is 41.2 Å². The standard InChI is InChI=1S/C13H12ClF4NO4/c1-6-3-4-7(15)5-8(6)19-10(20)9(14)12(22,11(21)23-2)13(16,17)18/h3-5,9,22H,1-2H3,(H,19,20)/t9-,12-/m0/s1. The molecule has 2 atom stereocenters. The van der Waals surface area contributed by atoms with Gasteiger partial charge in [0.05, 0.1) is 7.11 Å². The summed E-state index contributed by atoms with van der Waals surface area (Å²) >= 11 is 5.36. The van der Waals surface area contributed by atoms with Crippen molar-refractivity contribution in [1.82, 2.24) is 0 Å². The van der Waals surface area contributed by atoms with Gasteiger partial charge in [-0.15, -0.1) is 11.6 Å². The molecule has 1 aromatic rings. The molecule has 2 N–H and O–H groups in total. The summed E-state index contributed by atoms with van der Waals surface area (Å²) in [5.41, 5.74) is -4.08. The van der Waals surface area contributed by atoms with Crippen molar-refractivity contribution in [2.45, 2.75) is 24.1 Å². The second kappa shape index (κ2) is 6.71. The molecule has 0 fully saturated rings. The van der Waals surface area contributed by atoms with Gasteiger partial charge in [-0.05, 0) is 24.6 Å². The van der Waals surface area contributed by atoms with Gasteiger partial charge in [0.15, 0.2) is 5.38 Å². The number of ether oxygens (including phenoxy) is 1. The highest BCUT2D eigenvalue weighted by atomic mass is 35.5. The first kappa shape index (κ1) is 19.2. The zero-order chi connectivity index (χ0) is 18.0. The highest BCUT2D eigenvalue weighted by Crippen LogP contribution is 2.37. The lowest BCUT2D eigenvalue weighted by molar-refractivity contribution is -0.260. The molecule has 128 valence electrons. The number of halogens is 5. The van der Waals surface area contributed by atoms with Gasteiger partial charge in [0.25, 0.3) is 5.60 Å². The molecule has 0 saturated heterocycles. The topological polar surface area (TPSA) is 75.6 Å². The van der Waals surface area contributed by atoms with Crippen LogP contribution >= 0.6 is 11.6 Å². The molecular weight excluding hydrogens is 346 g/mol. The number of rotatable bonds is 4. The maximum atomic E-state index is 13.1. The monoisotopic (exact) mass is 357 g/mol. The van der Waals surface area contributed by atoms with E-state index < -0.39 is 34.8 Å². The summed E-state index contributed by atoms with van der Waals surface area (Å²) in [7, 11) is 0.595. The number of anilines is 1. The summed E-state index contributed by atoms with van der Waals surface area (Å²) in [6.45, 7) is 1.45. The van der Waals surface area contributed by atoms with Crippen LogP contribution in [-0.2, 0) is 14.3 Å². The smallest absolute Gasteiger partial charge is 0.430 e. The van der Waals surface area contributed by atoms with E-state index in [0.717, 1.165) is 12.1 Å². The van der Waals surface area contributed by atoms with Crippen molar-refractivity contribution in [2.75, 3.05) is 12.4 Å². The minimum atomic E-state index is -5.57. The molecule has 0 bridgehead atoms. The molecule has 1 aromatic carbocycles. The fourth-order valence-corrected chi connectivity index (χ4v) is 1.90. The summed E-state index contributed by atoms with van der Waals surface area (Å²) < 4.78 is 55.9. The third kappa shape index (κ3) is 3.73. The predicted molar refractivity (Wildman–Crippen MR) is 72.4 cm³/mol. The van der Waals surface area contributed by atoms with Gasteiger partial charge < -0.3 is 15.2 Å². The third-order valence-electron chi connectivity index (χ3n) is 2.98. The number of alkyl halides is 4. The molecule has 0 aromatic heterocycles. The first-order valence-corrected chi connectivity index (χ1v) is 6.47. The van der Waals surface area contributed by atoms with Crippen LogP contribution in [0, 0.1) is 12.7 Å². The van der Waals surface area contributed by atoms with Crippen molar-refractivity contribution in [3.05, 3.63) is 29.6 Å². The Labute approximate surface area is 133 Å². The Hall–Kier alpha value is -1.87. The quantitative estimate of drug-likeness (QED) is 0.492. The number of carbonyl (C=O) groups excluding carboxylic acids is 2. The van der Waals surface area contributed by atoms with E-state index in [4.69, 9.17) is 11.6 Å². The van der Waals surface area contributed by atoms with E-state index >= 15 is 0 Å². The highest BCUT2D eigenvalue weighted by Gasteiger charge is 2.67. The molecule has 1 amide bonds. The van der Waals surface area contributed by atoms with Crippen LogP contribution < -0.4 is 5.32 Å². The van der Waals surface area contributed by atoms with Gasteiger partial charge in [0, 0.05) is 5.69 Å². The number of hydrogen-bond acceptors (Lipinski definition) is 4. The van der Waals surface area contributed by atoms with E-state index in [1.165, 1.54) is 13.0 Å². The van der Waals surface area contributed by atoms with Crippen LogP contribution in [0.2, 0.25) is 0 Å². The number of amides is 1. The lowest BCUT2D eigenvalue weighted by Gasteiger charge is -2.30. The largest absolute Gasteiger partial charge is 0.467 e. The summed E-state index contributed by atoms with van der Waals surface area (Å²) in [5.74, 6) is -4.45. The van der Waals surface area contributed by atoms with Crippen molar-refractivity contribution in [2.24, 2.45) is 0 Å². The maximum Gasteiger partial charge on any atom is 0.430 e. The van der Waals surface area contributed by atoms with Crippen molar-refractivity contribution >= 4 is 29.2 Å². The predicted octanol–water partition coefficient (Wildman–Crippen LogP) is 2.15. The fraction of sp³-hybridized carbons (Fsp3) is 0.385. The number of carbonyl (C=O) groups is 2. The molecule has 23 heavy (non-hydrogen) atoms. The molecule has 10 heteroatoms. The highest BCUT2D eigenvalue weighted by molar-refractivity contribution is 6.35. The van der Waals surface area contributed by atoms with Gasteiger partial charge >= 0.3 is 12.1 Å². The van der Waals surface area contributed by atoms with Crippen LogP contribution in [0.5, 0.6) is 0 Å². The number of aryl methyl sites for hydroxylation is 1. The molecule has 0 aliphatic carbocycles. The Balaban J connectivity index is 3.14. The Morgan fingerprint density at radius 2 is 1.91 bits per heavy atom. The Bertz CT molecular complexity index is 622. The van der Waals surface area contributed by atoms with Crippen molar-refractivity contribution in [1.29, 1.82) is 0 Å². The van der Waals surface area contributed by atoms with Gasteiger partial charge in [-0.25, -0.2) is 9.18 Å². The molecule has 0 radical (unpaired) electrons. The average molecular weight is 358 g/mol. The summed E-state index contributed by atoms with van der Waals surface area (Å²) in [6, 6.07) is 3.19. The van der Waals surface area contributed by atoms with Crippen molar-refractivity contribution < 1.29 is 37.0 Å². The van der Waals surface area contributed by atoms with Gasteiger partial charge in [-0.2, -0.15) is 13.2 Å². The molecule has 0 unspecified atom stereocenters. The van der Waals surface area contributed by atoms with E-state index in [9.17, 15) is 32.3 Å². The summed E-state index contributed by atoms with van der Waals surface area (Å²) in [4.78, 5) is 23.1. The molecule has 5 nitrogen and oxygen atoms in total. The molecular formula is C13H12ClF4NO4. The lowest BCUT2D eigenvalue weighted by atomic mass is 9.97. The van der Waals surface area contributed by atoms with Crippen molar-refractivity contribution in [3.8, 4) is 0 Å². The summed E-state index contributed by atoms with van der Waals surface area (Å²) in [6.07, 6.45) is -5.57. The number of methoxy groups -OCH3 is 1. The van der Waals surface area contributed by atoms with E-state index in [1.807, 2.05) is 5.32 Å². The van der Waals surface area contributed by atoms with Crippen LogP contribution in [0.25, 0.3) is 0 Å². The molecule has 0 saturated carbocycles. The van der Waals surface area contributed by atoms with Gasteiger partial charge in [0.1, 0.15) is 5.82 Å². The minimum absolute atomic E-state index is 0.157. The van der Waals surface area contributed by atoms with E-state index in [0.29, 0.717) is 12.7 Å². The molecule has 0 aliphatic rings. The van der Waals surface area contributed by atoms with Crippen LogP contribution in [0.15, 0.2) is 18.2 Å². The van der Waals surface area contributed by atoms with E-state index in [-0.39, 0.29) is 5.69 Å². The van der Waals surface area contributed by atoms with Gasteiger partial charge in [-0.1, -0.05) is 6.07 Å². The van der Waals surface area contributed by atoms with E-state index in [1.54, 1.807) is 0 Å². The van der Waals surface area contributed by atoms with Crippen molar-refractivity contribution in [3.63, 3.8) is 0 Å². The number of benzene rings is 1. The Morgan fingerprint density at radius 3 is 2.39 bits per heavy atom. The van der Waals surface area contributed by atoms with Gasteiger partial charge in [0.2, 0.25) is 5.91 Å². The fourth-order valence-electron chi connectivity index (χ4n) is 1.63. The Kier molecular flexibility index (Phi) is 5.60. The molecule has 1 rings (SSSR count). The number of aliphatic hydroxyl groups is 1. The average Bonchev–Trinajstić information content (AvgIpc) is 2.47. The second-order valence-electron chi connectivity index (χ2n) is 4.57. The maximum absolute atomic E-state index is 13.1. The number of nitrogens with one attached hydrogen (secondary N) is 1. The lowest BCUT2D eigenvalue weighted by Crippen LogP contribution is -2.62. The van der Waals surface area contributed by atoms with Crippen LogP contribution in [0.3, 0.4) is 0 Å². The van der Waals surface area contributed by atoms with Gasteiger partial charge in [-0.3, -0.25) is 4.79 Å². The number of hydrogen-bond donors (Lipinski definition) is 2. The number of esters is 1. The third-order valence-corrected chi connectivity index (χ3v) is 3.50. The van der Waals surface area contributed by atoms with Crippen LogP contribution in [0.1, 0.15) is 5.56 Å². The molecule has 0 spiro atoms. The SMILES string of the molecule is COC(=O)[C@@](O)([C@@H](Cl)C(=O)Nc1cc(F)ccc1C)C(F)(F)F.